The van der Waals surface area contributed by atoms with Gasteiger partial charge in [-0.3, -0.25) is 4.79 Å². The van der Waals surface area contributed by atoms with E-state index >= 15 is 0 Å². The second-order valence-corrected chi connectivity index (χ2v) is 5.55. The second kappa shape index (κ2) is 6.26. The Hall–Kier alpha value is -1.88. The largest absolute Gasteiger partial charge is 0.478 e. The summed E-state index contributed by atoms with van der Waals surface area (Å²) >= 11 is 0. The number of hydrogen-bond acceptors (Lipinski definition) is 3. The molecule has 21 heavy (non-hydrogen) atoms. The molecule has 2 N–H and O–H groups in total. The highest BCUT2D eigenvalue weighted by molar-refractivity contribution is 6.05. The van der Waals surface area contributed by atoms with E-state index in [4.69, 9.17) is 5.11 Å². The van der Waals surface area contributed by atoms with Crippen molar-refractivity contribution in [3.8, 4) is 0 Å². The molecule has 2 rings (SSSR count). The van der Waals surface area contributed by atoms with E-state index in [2.05, 4.69) is 24.1 Å². The van der Waals surface area contributed by atoms with E-state index in [9.17, 15) is 9.59 Å². The van der Waals surface area contributed by atoms with Gasteiger partial charge in [0.25, 0.3) is 5.91 Å². The number of carbonyl (C=O) groups excluding carboxylic acids is 1. The predicted molar refractivity (Wildman–Crippen MR) is 80.6 cm³/mol. The van der Waals surface area contributed by atoms with Gasteiger partial charge in [-0.15, -0.1) is 0 Å². The number of rotatable bonds is 7. The van der Waals surface area contributed by atoms with Crippen LogP contribution in [0.3, 0.4) is 0 Å². The average Bonchev–Trinajstić information content (AvgIpc) is 3.24. The molecule has 0 unspecified atom stereocenters. The molecule has 1 saturated carbocycles. The van der Waals surface area contributed by atoms with Crippen molar-refractivity contribution in [2.45, 2.75) is 32.2 Å². The molecule has 1 aromatic carbocycles. The van der Waals surface area contributed by atoms with Crippen LogP contribution >= 0.6 is 0 Å². The van der Waals surface area contributed by atoms with Gasteiger partial charge in [-0.25, -0.2) is 4.79 Å². The number of likely N-dealkylation sites (N-methyl/N-ethyl adjacent to an activating group) is 1. The fraction of sp³-hybridized carbons (Fsp3) is 0.500. The van der Waals surface area contributed by atoms with E-state index in [1.54, 1.807) is 18.2 Å². The quantitative estimate of drug-likeness (QED) is 0.805. The SMILES string of the molecule is CCN(CC)CC1(NC(=O)c2ccccc2C(=O)O)CC1. The smallest absolute Gasteiger partial charge is 0.336 e. The summed E-state index contributed by atoms with van der Waals surface area (Å²) in [5, 5.41) is 12.2. The number of carbonyl (C=O) groups is 2. The van der Waals surface area contributed by atoms with Crippen molar-refractivity contribution in [3.05, 3.63) is 35.4 Å². The maximum Gasteiger partial charge on any atom is 0.336 e. The summed E-state index contributed by atoms with van der Waals surface area (Å²) in [6.45, 7) is 6.91. The van der Waals surface area contributed by atoms with E-state index in [-0.39, 0.29) is 22.6 Å². The van der Waals surface area contributed by atoms with E-state index in [1.165, 1.54) is 6.07 Å². The summed E-state index contributed by atoms with van der Waals surface area (Å²) in [4.78, 5) is 25.9. The Balaban J connectivity index is 2.10. The summed E-state index contributed by atoms with van der Waals surface area (Å²) in [7, 11) is 0. The highest BCUT2D eigenvalue weighted by Crippen LogP contribution is 2.36. The lowest BCUT2D eigenvalue weighted by atomic mass is 10.1. The van der Waals surface area contributed by atoms with Crippen LogP contribution in [0.5, 0.6) is 0 Å². The minimum Gasteiger partial charge on any atom is -0.478 e. The molecule has 5 nitrogen and oxygen atoms in total. The summed E-state index contributed by atoms with van der Waals surface area (Å²) in [5.74, 6) is -1.37. The van der Waals surface area contributed by atoms with Crippen LogP contribution in [-0.4, -0.2) is 47.1 Å². The van der Waals surface area contributed by atoms with Crippen molar-refractivity contribution in [3.63, 3.8) is 0 Å². The molecule has 0 spiro atoms. The van der Waals surface area contributed by atoms with Gasteiger partial charge in [0.15, 0.2) is 0 Å². The maximum atomic E-state index is 12.4. The van der Waals surface area contributed by atoms with Crippen molar-refractivity contribution in [2.24, 2.45) is 0 Å². The van der Waals surface area contributed by atoms with Crippen LogP contribution < -0.4 is 5.32 Å². The van der Waals surface area contributed by atoms with E-state index in [0.717, 1.165) is 32.5 Å². The van der Waals surface area contributed by atoms with Crippen LogP contribution in [0, 0.1) is 0 Å². The molecule has 0 atom stereocenters. The molecule has 1 aliphatic rings. The standard InChI is InChI=1S/C16H22N2O3/c1-3-18(4-2)11-16(9-10-16)17-14(19)12-7-5-6-8-13(12)15(20)21/h5-8H,3-4,9-11H2,1-2H3,(H,17,19)(H,20,21). The van der Waals surface area contributed by atoms with Crippen molar-refractivity contribution in [1.29, 1.82) is 0 Å². The molecular formula is C16H22N2O3. The fourth-order valence-electron chi connectivity index (χ4n) is 2.52. The summed E-state index contributed by atoms with van der Waals surface area (Å²) in [6.07, 6.45) is 1.90. The van der Waals surface area contributed by atoms with Crippen LogP contribution in [0.15, 0.2) is 24.3 Å². The minimum atomic E-state index is -1.07. The topological polar surface area (TPSA) is 69.6 Å². The van der Waals surface area contributed by atoms with Crippen LogP contribution in [0.1, 0.15) is 47.4 Å². The predicted octanol–water partition coefficient (Wildman–Crippen LogP) is 1.99. The van der Waals surface area contributed by atoms with Crippen molar-refractivity contribution >= 4 is 11.9 Å². The Morgan fingerprint density at radius 3 is 2.24 bits per heavy atom. The molecule has 1 aliphatic carbocycles. The lowest BCUT2D eigenvalue weighted by Crippen LogP contribution is -2.46. The van der Waals surface area contributed by atoms with Gasteiger partial charge < -0.3 is 15.3 Å². The number of aromatic carboxylic acids is 1. The molecule has 5 heteroatoms. The normalized spacial score (nSPS) is 15.8. The van der Waals surface area contributed by atoms with Gasteiger partial charge >= 0.3 is 5.97 Å². The van der Waals surface area contributed by atoms with E-state index < -0.39 is 5.97 Å². The molecule has 0 radical (unpaired) electrons. The Labute approximate surface area is 125 Å². The third-order valence-corrected chi connectivity index (χ3v) is 4.06. The summed E-state index contributed by atoms with van der Waals surface area (Å²) in [6, 6.07) is 6.34. The van der Waals surface area contributed by atoms with Crippen molar-refractivity contribution < 1.29 is 14.7 Å². The number of carboxylic acid groups (broad SMARTS) is 1. The molecule has 1 aromatic rings. The number of hydrogen-bond donors (Lipinski definition) is 2. The first-order valence-corrected chi connectivity index (χ1v) is 7.38. The zero-order chi connectivity index (χ0) is 15.5. The molecule has 0 aliphatic heterocycles. The van der Waals surface area contributed by atoms with E-state index in [1.807, 2.05) is 0 Å². The number of nitrogens with zero attached hydrogens (tertiary/aromatic N) is 1. The monoisotopic (exact) mass is 290 g/mol. The van der Waals surface area contributed by atoms with Crippen LogP contribution in [0.2, 0.25) is 0 Å². The lowest BCUT2D eigenvalue weighted by Gasteiger charge is -2.26. The second-order valence-electron chi connectivity index (χ2n) is 5.55. The first kappa shape index (κ1) is 15.5. The number of amides is 1. The molecule has 0 aromatic heterocycles. The van der Waals surface area contributed by atoms with Gasteiger partial charge in [0.1, 0.15) is 0 Å². The Bertz CT molecular complexity index is 534. The Kier molecular flexibility index (Phi) is 4.63. The van der Waals surface area contributed by atoms with Gasteiger partial charge in [0.05, 0.1) is 16.7 Å². The average molecular weight is 290 g/mol. The number of nitrogens with one attached hydrogen (secondary N) is 1. The van der Waals surface area contributed by atoms with Crippen LogP contribution in [-0.2, 0) is 0 Å². The van der Waals surface area contributed by atoms with Gasteiger partial charge in [-0.2, -0.15) is 0 Å². The first-order valence-electron chi connectivity index (χ1n) is 7.38. The van der Waals surface area contributed by atoms with Crippen molar-refractivity contribution in [2.75, 3.05) is 19.6 Å². The van der Waals surface area contributed by atoms with E-state index in [0.29, 0.717) is 0 Å². The van der Waals surface area contributed by atoms with Gasteiger partial charge in [-0.05, 0) is 38.1 Å². The molecule has 0 bridgehead atoms. The fourth-order valence-corrected chi connectivity index (χ4v) is 2.52. The minimum absolute atomic E-state index is 0.0497. The van der Waals surface area contributed by atoms with Crippen LogP contribution in [0.4, 0.5) is 0 Å². The zero-order valence-electron chi connectivity index (χ0n) is 12.6. The highest BCUT2D eigenvalue weighted by Gasteiger charge is 2.45. The Morgan fingerprint density at radius 2 is 1.76 bits per heavy atom. The summed E-state index contributed by atoms with van der Waals surface area (Å²) in [5.41, 5.74) is 0.0961. The third-order valence-electron chi connectivity index (χ3n) is 4.06. The van der Waals surface area contributed by atoms with Crippen molar-refractivity contribution in [1.82, 2.24) is 10.2 Å². The highest BCUT2D eigenvalue weighted by atomic mass is 16.4. The molecule has 0 heterocycles. The molecule has 0 saturated heterocycles. The number of carboxylic acids is 1. The molecule has 114 valence electrons. The number of benzene rings is 1. The molecular weight excluding hydrogens is 268 g/mol. The molecule has 1 amide bonds. The van der Waals surface area contributed by atoms with Gasteiger partial charge in [0.2, 0.25) is 0 Å². The van der Waals surface area contributed by atoms with Gasteiger partial charge in [-0.1, -0.05) is 26.0 Å². The zero-order valence-corrected chi connectivity index (χ0v) is 12.6. The Morgan fingerprint density at radius 1 is 1.19 bits per heavy atom. The third kappa shape index (κ3) is 3.61. The molecule has 1 fully saturated rings. The maximum absolute atomic E-state index is 12.4. The lowest BCUT2D eigenvalue weighted by molar-refractivity contribution is 0.0690. The first-order chi connectivity index (χ1) is 10.0. The van der Waals surface area contributed by atoms with Crippen LogP contribution in [0.25, 0.3) is 0 Å². The summed E-state index contributed by atoms with van der Waals surface area (Å²) < 4.78 is 0. The van der Waals surface area contributed by atoms with Gasteiger partial charge in [0, 0.05) is 6.54 Å².